The number of fused-ring (bicyclic) bond motifs is 1. The van der Waals surface area contributed by atoms with Crippen LogP contribution >= 0.6 is 11.6 Å². The number of urea groups is 1. The topological polar surface area (TPSA) is 85.5 Å². The van der Waals surface area contributed by atoms with Gasteiger partial charge in [0.05, 0.1) is 18.3 Å². The highest BCUT2D eigenvalue weighted by Crippen LogP contribution is 2.27. The van der Waals surface area contributed by atoms with Crippen LogP contribution in [0.15, 0.2) is 45.6 Å². The number of methoxy groups -OCH3 is 1. The summed E-state index contributed by atoms with van der Waals surface area (Å²) in [6.07, 6.45) is 0. The maximum atomic E-state index is 12.1. The molecule has 2 amide bonds. The highest BCUT2D eigenvalue weighted by Gasteiger charge is 2.11. The van der Waals surface area contributed by atoms with E-state index in [2.05, 4.69) is 10.6 Å². The number of carbonyl (C=O) groups is 1. The molecule has 0 spiro atoms. The van der Waals surface area contributed by atoms with E-state index < -0.39 is 11.8 Å². The Bertz CT molecular complexity index is 1010. The number of oxazole rings is 1. The summed E-state index contributed by atoms with van der Waals surface area (Å²) in [6, 6.07) is 10.0. The van der Waals surface area contributed by atoms with Crippen LogP contribution in [0.2, 0.25) is 5.02 Å². The number of rotatable bonds is 5. The number of hydrogen-bond acceptors (Lipinski definition) is 4. The van der Waals surface area contributed by atoms with Gasteiger partial charge in [-0.1, -0.05) is 17.7 Å². The predicted molar refractivity (Wildman–Crippen MR) is 100 cm³/mol. The first kappa shape index (κ1) is 17.9. The van der Waals surface area contributed by atoms with Crippen molar-refractivity contribution >= 4 is 34.4 Å². The Labute approximate surface area is 154 Å². The van der Waals surface area contributed by atoms with Crippen molar-refractivity contribution in [2.24, 2.45) is 0 Å². The smallest absolute Gasteiger partial charge is 0.420 e. The molecule has 7 nitrogen and oxygen atoms in total. The third-order valence-corrected chi connectivity index (χ3v) is 4.09. The third kappa shape index (κ3) is 3.83. The van der Waals surface area contributed by atoms with Gasteiger partial charge in [-0.25, -0.2) is 9.59 Å². The van der Waals surface area contributed by atoms with Crippen molar-refractivity contribution in [1.29, 1.82) is 0 Å². The minimum atomic E-state index is -0.454. The van der Waals surface area contributed by atoms with Gasteiger partial charge in [-0.3, -0.25) is 4.57 Å². The summed E-state index contributed by atoms with van der Waals surface area (Å²) in [5, 5.41) is 5.85. The monoisotopic (exact) mass is 375 g/mol. The molecule has 0 saturated carbocycles. The lowest BCUT2D eigenvalue weighted by atomic mass is 10.2. The molecule has 0 fully saturated rings. The maximum Gasteiger partial charge on any atom is 0.420 e. The Morgan fingerprint density at radius 2 is 2.08 bits per heavy atom. The third-order valence-electron chi connectivity index (χ3n) is 3.85. The van der Waals surface area contributed by atoms with Gasteiger partial charge in [0.1, 0.15) is 5.75 Å². The molecule has 8 heteroatoms. The molecule has 136 valence electrons. The standard InChI is InChI=1S/C18H18ClN3O4/c1-11-3-5-16-14(9-11)22(18(24)26-16)8-7-20-17(23)21-13-10-12(19)4-6-15(13)25-2/h3-6,9-10H,7-8H2,1-2H3,(H2,20,21,23). The van der Waals surface area contributed by atoms with Gasteiger partial charge >= 0.3 is 11.8 Å². The van der Waals surface area contributed by atoms with Crippen molar-refractivity contribution in [3.8, 4) is 5.75 Å². The molecule has 2 aromatic carbocycles. The van der Waals surface area contributed by atoms with Crippen LogP contribution in [0.25, 0.3) is 11.1 Å². The molecule has 0 atom stereocenters. The Kier molecular flexibility index (Phi) is 5.18. The molecule has 0 bridgehead atoms. The van der Waals surface area contributed by atoms with E-state index in [9.17, 15) is 9.59 Å². The van der Waals surface area contributed by atoms with E-state index in [-0.39, 0.29) is 13.1 Å². The number of ether oxygens (including phenoxy) is 1. The maximum absolute atomic E-state index is 12.1. The van der Waals surface area contributed by atoms with Crippen LogP contribution in [-0.2, 0) is 6.54 Å². The fourth-order valence-electron chi connectivity index (χ4n) is 2.61. The molecule has 3 rings (SSSR count). The van der Waals surface area contributed by atoms with Gasteiger partial charge in [0.15, 0.2) is 5.58 Å². The van der Waals surface area contributed by atoms with Crippen LogP contribution in [0.4, 0.5) is 10.5 Å². The van der Waals surface area contributed by atoms with Crippen LogP contribution in [0.5, 0.6) is 5.75 Å². The van der Waals surface area contributed by atoms with Crippen molar-refractivity contribution in [3.05, 3.63) is 57.5 Å². The minimum absolute atomic E-state index is 0.247. The predicted octanol–water partition coefficient (Wildman–Crippen LogP) is 3.39. The van der Waals surface area contributed by atoms with Crippen molar-refractivity contribution < 1.29 is 13.9 Å². The zero-order chi connectivity index (χ0) is 18.7. The molecular formula is C18H18ClN3O4. The summed E-state index contributed by atoms with van der Waals surface area (Å²) >= 11 is 5.94. The Morgan fingerprint density at radius 1 is 1.27 bits per heavy atom. The van der Waals surface area contributed by atoms with Crippen molar-refractivity contribution in [1.82, 2.24) is 9.88 Å². The minimum Gasteiger partial charge on any atom is -0.495 e. The molecular weight excluding hydrogens is 358 g/mol. The lowest BCUT2D eigenvalue weighted by molar-refractivity contribution is 0.251. The number of nitrogens with one attached hydrogen (secondary N) is 2. The SMILES string of the molecule is COc1ccc(Cl)cc1NC(=O)NCCn1c(=O)oc2ccc(C)cc21. The number of halogens is 1. The van der Waals surface area contributed by atoms with Crippen LogP contribution in [0.1, 0.15) is 5.56 Å². The van der Waals surface area contributed by atoms with E-state index >= 15 is 0 Å². The second-order valence-electron chi connectivity index (χ2n) is 5.72. The van der Waals surface area contributed by atoms with Crippen LogP contribution in [0.3, 0.4) is 0 Å². The number of hydrogen-bond donors (Lipinski definition) is 2. The molecule has 3 aromatic rings. The van der Waals surface area contributed by atoms with Crippen LogP contribution in [-0.4, -0.2) is 24.3 Å². The summed E-state index contributed by atoms with van der Waals surface area (Å²) in [4.78, 5) is 24.1. The highest BCUT2D eigenvalue weighted by atomic mass is 35.5. The van der Waals surface area contributed by atoms with Gasteiger partial charge in [-0.15, -0.1) is 0 Å². The summed E-state index contributed by atoms with van der Waals surface area (Å²) in [6.45, 7) is 2.47. The zero-order valence-electron chi connectivity index (χ0n) is 14.3. The lowest BCUT2D eigenvalue weighted by Gasteiger charge is -2.11. The molecule has 26 heavy (non-hydrogen) atoms. The van der Waals surface area contributed by atoms with Crippen molar-refractivity contribution in [3.63, 3.8) is 0 Å². The van der Waals surface area contributed by atoms with Crippen molar-refractivity contribution in [2.45, 2.75) is 13.5 Å². The van der Waals surface area contributed by atoms with Gasteiger partial charge in [0.25, 0.3) is 0 Å². The average Bonchev–Trinajstić information content (AvgIpc) is 2.90. The molecule has 0 aliphatic rings. The number of nitrogens with zero attached hydrogens (tertiary/aromatic N) is 1. The number of carbonyl (C=O) groups excluding carboxylic acids is 1. The van der Waals surface area contributed by atoms with E-state index in [1.165, 1.54) is 11.7 Å². The first-order chi connectivity index (χ1) is 12.5. The highest BCUT2D eigenvalue weighted by molar-refractivity contribution is 6.31. The molecule has 0 radical (unpaired) electrons. The second kappa shape index (κ2) is 7.53. The quantitative estimate of drug-likeness (QED) is 0.715. The lowest BCUT2D eigenvalue weighted by Crippen LogP contribution is -2.33. The van der Waals surface area contributed by atoms with E-state index in [0.717, 1.165) is 5.56 Å². The van der Waals surface area contributed by atoms with Gasteiger partial charge < -0.3 is 19.8 Å². The Hall–Kier alpha value is -2.93. The van der Waals surface area contributed by atoms with Gasteiger partial charge in [-0.2, -0.15) is 0 Å². The Balaban J connectivity index is 1.65. The number of amides is 2. The largest absolute Gasteiger partial charge is 0.495 e. The van der Waals surface area contributed by atoms with Crippen LogP contribution < -0.4 is 21.1 Å². The number of benzene rings is 2. The molecule has 1 aromatic heterocycles. The zero-order valence-corrected chi connectivity index (χ0v) is 15.1. The summed E-state index contributed by atoms with van der Waals surface area (Å²) in [5.41, 5.74) is 2.70. The molecule has 0 aliphatic heterocycles. The first-order valence-corrected chi connectivity index (χ1v) is 8.34. The summed E-state index contributed by atoms with van der Waals surface area (Å²) in [7, 11) is 1.50. The first-order valence-electron chi connectivity index (χ1n) is 7.96. The summed E-state index contributed by atoms with van der Waals surface area (Å²) in [5.74, 6) is 0.0430. The van der Waals surface area contributed by atoms with Crippen molar-refractivity contribution in [2.75, 3.05) is 19.0 Å². The number of aromatic nitrogens is 1. The number of anilines is 1. The average molecular weight is 376 g/mol. The Morgan fingerprint density at radius 3 is 2.85 bits per heavy atom. The molecule has 0 aliphatic carbocycles. The van der Waals surface area contributed by atoms with E-state index in [1.807, 2.05) is 19.1 Å². The molecule has 2 N–H and O–H groups in total. The normalized spacial score (nSPS) is 10.7. The second-order valence-corrected chi connectivity index (χ2v) is 6.15. The fraction of sp³-hybridized carbons (Fsp3) is 0.222. The van der Waals surface area contributed by atoms with E-state index in [0.29, 0.717) is 27.6 Å². The van der Waals surface area contributed by atoms with Gasteiger partial charge in [0.2, 0.25) is 0 Å². The van der Waals surface area contributed by atoms with E-state index in [4.69, 9.17) is 20.8 Å². The van der Waals surface area contributed by atoms with Gasteiger partial charge in [0, 0.05) is 18.1 Å². The van der Waals surface area contributed by atoms with E-state index in [1.54, 1.807) is 24.3 Å². The fourth-order valence-corrected chi connectivity index (χ4v) is 2.78. The molecule has 0 unspecified atom stereocenters. The van der Waals surface area contributed by atoms with Gasteiger partial charge in [-0.05, 0) is 42.8 Å². The molecule has 0 saturated heterocycles. The summed E-state index contributed by atoms with van der Waals surface area (Å²) < 4.78 is 11.9. The number of aryl methyl sites for hydroxylation is 1. The molecule has 1 heterocycles. The van der Waals surface area contributed by atoms with Crippen LogP contribution in [0, 0.1) is 6.92 Å².